The Morgan fingerprint density at radius 3 is 1.08 bits per heavy atom. The molecule has 0 aromatic carbocycles. The highest BCUT2D eigenvalue weighted by atomic mass is 16.7. The van der Waals surface area contributed by atoms with Gasteiger partial charge in [0.1, 0.15) is 13.2 Å². The molecule has 0 bridgehead atoms. The molecule has 0 rings (SSSR count). The van der Waals surface area contributed by atoms with Crippen LogP contribution < -0.4 is 5.11 Å². The average molecular weight is 1070 g/mol. The minimum absolute atomic E-state index is 0.147. The number of nitrogens with zero attached hydrogens (tertiary/aromatic N) is 1. The molecule has 9 heteroatoms. The first-order valence-corrected chi connectivity index (χ1v) is 33.0. The van der Waals surface area contributed by atoms with E-state index < -0.39 is 24.3 Å². The molecular formula is C67H127NO8. The number of carboxylic acids is 1. The van der Waals surface area contributed by atoms with Crippen molar-refractivity contribution in [1.29, 1.82) is 0 Å². The van der Waals surface area contributed by atoms with E-state index in [0.717, 1.165) is 64.2 Å². The van der Waals surface area contributed by atoms with Gasteiger partial charge in [-0.2, -0.15) is 0 Å². The van der Waals surface area contributed by atoms with Crippen molar-refractivity contribution in [3.05, 3.63) is 24.3 Å². The molecule has 0 saturated carbocycles. The van der Waals surface area contributed by atoms with Gasteiger partial charge in [-0.05, 0) is 38.5 Å². The zero-order valence-electron chi connectivity index (χ0n) is 51.2. The fourth-order valence-corrected chi connectivity index (χ4v) is 9.85. The van der Waals surface area contributed by atoms with Gasteiger partial charge in [0.2, 0.25) is 0 Å². The van der Waals surface area contributed by atoms with Crippen LogP contribution in [0.3, 0.4) is 0 Å². The van der Waals surface area contributed by atoms with Crippen molar-refractivity contribution in [3.63, 3.8) is 0 Å². The molecule has 0 fully saturated rings. The number of carboxylic acid groups (broad SMARTS) is 1. The predicted octanol–water partition coefficient (Wildman–Crippen LogP) is 18.5. The summed E-state index contributed by atoms with van der Waals surface area (Å²) in [6.07, 6.45) is 68.6. The van der Waals surface area contributed by atoms with Crippen LogP contribution in [0.15, 0.2) is 24.3 Å². The van der Waals surface area contributed by atoms with Gasteiger partial charge in [0, 0.05) is 12.8 Å². The third-order valence-electron chi connectivity index (χ3n) is 15.0. The van der Waals surface area contributed by atoms with E-state index in [1.807, 2.05) is 21.1 Å². The third kappa shape index (κ3) is 59.4. The number of unbranched alkanes of at least 4 members (excludes halogenated alkanes) is 43. The summed E-state index contributed by atoms with van der Waals surface area (Å²) in [5.41, 5.74) is 0. The summed E-state index contributed by atoms with van der Waals surface area (Å²) < 4.78 is 22.7. The SMILES string of the molecule is CCCC/C=C\C/C=C\CCCCCCCC(=O)OC(COC(=O)CCCCCCCCCCCCCCCCCCCCCCCCCCCCCCCCCCCCCCC)COC(OCC[N+](C)(C)C)C(=O)[O-]. The van der Waals surface area contributed by atoms with E-state index in [9.17, 15) is 19.5 Å². The average Bonchev–Trinajstić information content (AvgIpc) is 3.39. The Morgan fingerprint density at radius 2 is 0.724 bits per heavy atom. The normalized spacial score (nSPS) is 12.8. The molecular weight excluding hydrogens is 947 g/mol. The number of aliphatic carboxylic acids is 1. The monoisotopic (exact) mass is 1070 g/mol. The number of quaternary nitrogens is 1. The molecule has 0 aromatic rings. The van der Waals surface area contributed by atoms with Crippen LogP contribution >= 0.6 is 0 Å². The second-order valence-corrected chi connectivity index (χ2v) is 23.8. The minimum Gasteiger partial charge on any atom is -0.545 e. The van der Waals surface area contributed by atoms with Gasteiger partial charge in [-0.25, -0.2) is 0 Å². The van der Waals surface area contributed by atoms with E-state index in [2.05, 4.69) is 38.2 Å². The second kappa shape index (κ2) is 58.9. The largest absolute Gasteiger partial charge is 0.545 e. The smallest absolute Gasteiger partial charge is 0.306 e. The molecule has 2 atom stereocenters. The first kappa shape index (κ1) is 73.8. The van der Waals surface area contributed by atoms with Gasteiger partial charge in [0.25, 0.3) is 0 Å². The topological polar surface area (TPSA) is 111 Å². The maximum Gasteiger partial charge on any atom is 0.306 e. The molecule has 2 unspecified atom stereocenters. The Morgan fingerprint density at radius 1 is 0.395 bits per heavy atom. The van der Waals surface area contributed by atoms with Crippen molar-refractivity contribution < 1.29 is 42.9 Å². The summed E-state index contributed by atoms with van der Waals surface area (Å²) in [6, 6.07) is 0. The number of hydrogen-bond donors (Lipinski definition) is 0. The van der Waals surface area contributed by atoms with Gasteiger partial charge in [-0.15, -0.1) is 0 Å². The summed E-state index contributed by atoms with van der Waals surface area (Å²) in [5.74, 6) is -2.28. The fraction of sp³-hybridized carbons (Fsp3) is 0.896. The maximum absolute atomic E-state index is 12.8. The summed E-state index contributed by atoms with van der Waals surface area (Å²) >= 11 is 0. The number of allylic oxidation sites excluding steroid dienone is 4. The van der Waals surface area contributed by atoms with E-state index in [1.54, 1.807) is 0 Å². The molecule has 0 N–H and O–H groups in total. The van der Waals surface area contributed by atoms with Gasteiger partial charge >= 0.3 is 11.9 Å². The summed E-state index contributed by atoms with van der Waals surface area (Å²) in [7, 11) is 5.92. The first-order chi connectivity index (χ1) is 37.1. The van der Waals surface area contributed by atoms with Crippen LogP contribution in [-0.2, 0) is 33.3 Å². The van der Waals surface area contributed by atoms with E-state index in [-0.39, 0.29) is 32.2 Å². The maximum atomic E-state index is 12.8. The van der Waals surface area contributed by atoms with Gasteiger partial charge in [-0.3, -0.25) is 9.59 Å². The van der Waals surface area contributed by atoms with Crippen LogP contribution in [0.4, 0.5) is 0 Å². The van der Waals surface area contributed by atoms with Gasteiger partial charge in [0.15, 0.2) is 12.4 Å². The zero-order valence-corrected chi connectivity index (χ0v) is 51.2. The number of esters is 2. The molecule has 0 amide bonds. The van der Waals surface area contributed by atoms with Crippen molar-refractivity contribution in [2.24, 2.45) is 0 Å². The molecule has 0 aromatic heterocycles. The highest BCUT2D eigenvalue weighted by molar-refractivity contribution is 5.70. The van der Waals surface area contributed by atoms with E-state index >= 15 is 0 Å². The predicted molar refractivity (Wildman–Crippen MR) is 320 cm³/mol. The Hall–Kier alpha value is -2.23. The number of ether oxygens (including phenoxy) is 4. The molecule has 9 nitrogen and oxygen atoms in total. The lowest BCUT2D eigenvalue weighted by Gasteiger charge is -2.26. The third-order valence-corrected chi connectivity index (χ3v) is 15.0. The van der Waals surface area contributed by atoms with Crippen molar-refractivity contribution in [3.8, 4) is 0 Å². The lowest BCUT2D eigenvalue weighted by atomic mass is 10.0. The number of carbonyl (C=O) groups is 3. The fourth-order valence-electron chi connectivity index (χ4n) is 9.85. The van der Waals surface area contributed by atoms with Gasteiger partial charge in [-0.1, -0.05) is 301 Å². The Kier molecular flexibility index (Phi) is 57.2. The molecule has 0 aliphatic rings. The lowest BCUT2D eigenvalue weighted by Crippen LogP contribution is -2.44. The van der Waals surface area contributed by atoms with Crippen LogP contribution in [0.5, 0.6) is 0 Å². The van der Waals surface area contributed by atoms with Gasteiger partial charge in [0.05, 0.1) is 40.3 Å². The van der Waals surface area contributed by atoms with Crippen LogP contribution in [0.25, 0.3) is 0 Å². The lowest BCUT2D eigenvalue weighted by molar-refractivity contribution is -0.870. The highest BCUT2D eigenvalue weighted by Gasteiger charge is 2.22. The van der Waals surface area contributed by atoms with E-state index in [4.69, 9.17) is 18.9 Å². The van der Waals surface area contributed by atoms with Crippen molar-refractivity contribution >= 4 is 17.9 Å². The highest BCUT2D eigenvalue weighted by Crippen LogP contribution is 2.19. The number of rotatable bonds is 62. The van der Waals surface area contributed by atoms with Crippen molar-refractivity contribution in [2.75, 3.05) is 47.5 Å². The summed E-state index contributed by atoms with van der Waals surface area (Å²) in [4.78, 5) is 37.3. The van der Waals surface area contributed by atoms with Crippen molar-refractivity contribution in [2.45, 2.75) is 341 Å². The quantitative estimate of drug-likeness (QED) is 0.0195. The molecule has 0 radical (unpaired) electrons. The Balaban J connectivity index is 3.91. The van der Waals surface area contributed by atoms with E-state index in [1.165, 1.54) is 231 Å². The first-order valence-electron chi connectivity index (χ1n) is 33.0. The van der Waals surface area contributed by atoms with Crippen molar-refractivity contribution in [1.82, 2.24) is 0 Å². The standard InChI is InChI=1S/C67H127NO8/c1-6-8-10-12-14-16-18-20-22-23-24-25-26-27-28-29-30-31-32-33-34-35-36-37-38-39-40-41-42-43-44-46-47-49-51-53-55-57-64(69)74-61-63(62-75-67(66(71)72)73-60-59-68(3,4)5)76-65(70)58-56-54-52-50-48-45-21-19-17-15-13-11-9-7-2/h13,15,19,21,63,67H,6-12,14,16-18,20,22-62H2,1-5H3/b15-13-,21-19-. The van der Waals surface area contributed by atoms with Gasteiger partial charge < -0.3 is 33.3 Å². The molecule has 0 spiro atoms. The number of carbonyl (C=O) groups excluding carboxylic acids is 3. The molecule has 0 saturated heterocycles. The molecule has 0 aliphatic heterocycles. The Bertz CT molecular complexity index is 1300. The Labute approximate surface area is 471 Å². The van der Waals surface area contributed by atoms with Crippen LogP contribution in [0.1, 0.15) is 328 Å². The molecule has 0 aliphatic carbocycles. The molecule has 448 valence electrons. The second-order valence-electron chi connectivity index (χ2n) is 23.8. The molecule has 0 heterocycles. The van der Waals surface area contributed by atoms with E-state index in [0.29, 0.717) is 23.9 Å². The van der Waals surface area contributed by atoms with Crippen LogP contribution in [0, 0.1) is 0 Å². The van der Waals surface area contributed by atoms with Crippen LogP contribution in [0.2, 0.25) is 0 Å². The minimum atomic E-state index is -1.62. The number of hydrogen-bond acceptors (Lipinski definition) is 8. The molecule has 76 heavy (non-hydrogen) atoms. The zero-order chi connectivity index (χ0) is 55.5. The van der Waals surface area contributed by atoms with Crippen LogP contribution in [-0.4, -0.2) is 82.3 Å². The summed E-state index contributed by atoms with van der Waals surface area (Å²) in [6.45, 7) is 4.74. The summed E-state index contributed by atoms with van der Waals surface area (Å²) in [5, 5.41) is 11.8. The number of likely N-dealkylation sites (N-methyl/N-ethyl adjacent to an activating group) is 1.